The van der Waals surface area contributed by atoms with Crippen molar-refractivity contribution in [3.63, 3.8) is 0 Å². The predicted octanol–water partition coefficient (Wildman–Crippen LogP) is 2.12. The number of hydrogen-bond acceptors (Lipinski definition) is 8. The minimum absolute atomic E-state index is 0.236. The lowest BCUT2D eigenvalue weighted by molar-refractivity contribution is 0.0645. The molecule has 0 amide bonds. The molecular formula is C21H26N4O5S. The van der Waals surface area contributed by atoms with E-state index < -0.39 is 22.2 Å². The summed E-state index contributed by atoms with van der Waals surface area (Å²) < 4.78 is 39.4. The number of aryl methyl sites for hydroxylation is 1. The molecule has 10 heteroatoms. The van der Waals surface area contributed by atoms with Crippen LogP contribution in [0.15, 0.2) is 24.7 Å². The molecule has 1 saturated carbocycles. The summed E-state index contributed by atoms with van der Waals surface area (Å²) in [7, 11) is -3.34. The number of aliphatic hydroxyl groups excluding tert-OH is 1. The monoisotopic (exact) mass is 446 g/mol. The molecule has 31 heavy (non-hydrogen) atoms. The summed E-state index contributed by atoms with van der Waals surface area (Å²) in [4.78, 5) is 12.7. The second-order valence-corrected chi connectivity index (χ2v) is 10.7. The van der Waals surface area contributed by atoms with Gasteiger partial charge in [-0.3, -0.25) is 4.98 Å². The lowest BCUT2D eigenvalue weighted by Gasteiger charge is -2.38. The Morgan fingerprint density at radius 1 is 1.10 bits per heavy atom. The fourth-order valence-electron chi connectivity index (χ4n) is 4.62. The van der Waals surface area contributed by atoms with Gasteiger partial charge in [-0.05, 0) is 45.2 Å². The van der Waals surface area contributed by atoms with Crippen LogP contribution in [0.4, 0.5) is 0 Å². The zero-order chi connectivity index (χ0) is 21.8. The molecule has 5 rings (SSSR count). The van der Waals surface area contributed by atoms with Gasteiger partial charge >= 0.3 is 0 Å². The Kier molecular flexibility index (Phi) is 5.10. The molecule has 2 saturated heterocycles. The van der Waals surface area contributed by atoms with Crippen LogP contribution in [0.25, 0.3) is 0 Å². The second-order valence-electron chi connectivity index (χ2n) is 8.61. The first-order valence-corrected chi connectivity index (χ1v) is 12.1. The molecular weight excluding hydrogens is 420 g/mol. The maximum atomic E-state index is 12.9. The Morgan fingerprint density at radius 3 is 2.58 bits per heavy atom. The molecule has 2 aliphatic heterocycles. The third kappa shape index (κ3) is 3.77. The summed E-state index contributed by atoms with van der Waals surface area (Å²) in [5, 5.41) is 10.2. The van der Waals surface area contributed by atoms with Crippen molar-refractivity contribution < 1.29 is 23.0 Å². The third-order valence-electron chi connectivity index (χ3n) is 6.36. The molecule has 166 valence electrons. The van der Waals surface area contributed by atoms with E-state index >= 15 is 0 Å². The smallest absolute Gasteiger partial charge is 0.229 e. The summed E-state index contributed by atoms with van der Waals surface area (Å²) in [6.45, 7) is 3.68. The number of rotatable bonds is 6. The molecule has 4 heterocycles. The van der Waals surface area contributed by atoms with Gasteiger partial charge in [-0.25, -0.2) is 18.4 Å². The van der Waals surface area contributed by atoms with Gasteiger partial charge in [0, 0.05) is 25.1 Å². The first-order chi connectivity index (χ1) is 14.8. The fourth-order valence-corrected chi connectivity index (χ4v) is 6.89. The van der Waals surface area contributed by atoms with Gasteiger partial charge in [0.05, 0.1) is 28.7 Å². The molecule has 0 radical (unpaired) electrons. The molecule has 3 unspecified atom stereocenters. The molecule has 4 atom stereocenters. The van der Waals surface area contributed by atoms with Crippen LogP contribution in [-0.4, -0.2) is 62.3 Å². The van der Waals surface area contributed by atoms with Gasteiger partial charge in [0.25, 0.3) is 0 Å². The summed E-state index contributed by atoms with van der Waals surface area (Å²) in [5.74, 6) is 1.40. The third-order valence-corrected chi connectivity index (χ3v) is 8.83. The largest absolute Gasteiger partial charge is 0.474 e. The van der Waals surface area contributed by atoms with Crippen LogP contribution in [0.3, 0.4) is 0 Å². The van der Waals surface area contributed by atoms with Crippen molar-refractivity contribution in [1.82, 2.24) is 19.3 Å². The number of aromatic nitrogens is 3. The molecule has 0 aromatic carbocycles. The molecule has 2 aromatic heterocycles. The Morgan fingerprint density at radius 2 is 1.87 bits per heavy atom. The molecule has 1 N–H and O–H groups in total. The van der Waals surface area contributed by atoms with Crippen LogP contribution in [0.1, 0.15) is 43.4 Å². The van der Waals surface area contributed by atoms with E-state index in [2.05, 4.69) is 15.0 Å². The van der Waals surface area contributed by atoms with Gasteiger partial charge in [-0.2, -0.15) is 4.31 Å². The van der Waals surface area contributed by atoms with E-state index in [4.69, 9.17) is 9.47 Å². The lowest BCUT2D eigenvalue weighted by Crippen LogP contribution is -2.51. The van der Waals surface area contributed by atoms with Crippen LogP contribution in [-0.2, 0) is 10.0 Å². The number of fused-ring (bicyclic) bond motifs is 2. The highest BCUT2D eigenvalue weighted by Crippen LogP contribution is 2.44. The highest BCUT2D eigenvalue weighted by atomic mass is 32.2. The van der Waals surface area contributed by atoms with Gasteiger partial charge in [-0.15, -0.1) is 0 Å². The molecule has 3 fully saturated rings. The van der Waals surface area contributed by atoms with Crippen molar-refractivity contribution in [2.24, 2.45) is 0 Å². The molecule has 0 spiro atoms. The minimum Gasteiger partial charge on any atom is -0.474 e. The van der Waals surface area contributed by atoms with Gasteiger partial charge in [0.15, 0.2) is 5.75 Å². The number of ether oxygens (including phenoxy) is 2. The van der Waals surface area contributed by atoms with Gasteiger partial charge < -0.3 is 14.6 Å². The highest BCUT2D eigenvalue weighted by Gasteiger charge is 2.55. The SMILES string of the molecule is Cc1ncccc1Oc1ncnc(O[C@H]2CC3CC(O)C(C2)N3S(=O)(=O)C2CC2)c1C. The Bertz CT molecular complexity index is 1090. The van der Waals surface area contributed by atoms with Gasteiger partial charge in [-0.1, -0.05) is 0 Å². The van der Waals surface area contributed by atoms with Crippen LogP contribution in [0, 0.1) is 13.8 Å². The lowest BCUT2D eigenvalue weighted by atomic mass is 10.0. The van der Waals surface area contributed by atoms with E-state index in [1.807, 2.05) is 19.9 Å². The van der Waals surface area contributed by atoms with E-state index in [0.29, 0.717) is 55.2 Å². The standard InChI is InChI=1S/C21H26N4O5S/c1-12-20(23-11-24-21(12)30-19-4-3-7-22-13(19)2)29-15-8-14-9-18(26)17(10-15)25(14)31(27,28)16-5-6-16/h3-4,7,11,14-18,26H,5-6,8-10H2,1-2H3/t14?,15-,17?,18?/m0/s1. The van der Waals surface area contributed by atoms with Gasteiger partial charge in [0.1, 0.15) is 12.4 Å². The van der Waals surface area contributed by atoms with Crippen molar-refractivity contribution in [1.29, 1.82) is 0 Å². The highest BCUT2D eigenvalue weighted by molar-refractivity contribution is 7.90. The van der Waals surface area contributed by atoms with E-state index in [1.54, 1.807) is 16.6 Å². The van der Waals surface area contributed by atoms with Crippen molar-refractivity contribution in [2.75, 3.05) is 0 Å². The Labute approximate surface area is 181 Å². The molecule has 9 nitrogen and oxygen atoms in total. The van der Waals surface area contributed by atoms with E-state index in [9.17, 15) is 13.5 Å². The second kappa shape index (κ2) is 7.68. The number of sulfonamides is 1. The van der Waals surface area contributed by atoms with Crippen molar-refractivity contribution in [2.45, 2.75) is 75.5 Å². The number of piperidine rings is 1. The summed E-state index contributed by atoms with van der Waals surface area (Å²) in [6, 6.07) is 2.94. The number of aliphatic hydroxyl groups is 1. The maximum Gasteiger partial charge on any atom is 0.229 e. The minimum atomic E-state index is -3.34. The van der Waals surface area contributed by atoms with E-state index in [0.717, 1.165) is 5.69 Å². The predicted molar refractivity (Wildman–Crippen MR) is 111 cm³/mol. The zero-order valence-electron chi connectivity index (χ0n) is 17.5. The first-order valence-electron chi connectivity index (χ1n) is 10.6. The maximum absolute atomic E-state index is 12.9. The first kappa shape index (κ1) is 20.6. The zero-order valence-corrected chi connectivity index (χ0v) is 18.3. The quantitative estimate of drug-likeness (QED) is 0.718. The average Bonchev–Trinajstić information content (AvgIpc) is 3.55. The Hall–Kier alpha value is -2.30. The van der Waals surface area contributed by atoms with Crippen molar-refractivity contribution in [3.8, 4) is 17.5 Å². The average molecular weight is 447 g/mol. The number of pyridine rings is 1. The molecule has 2 aromatic rings. The van der Waals surface area contributed by atoms with Crippen LogP contribution in [0.2, 0.25) is 0 Å². The van der Waals surface area contributed by atoms with E-state index in [1.165, 1.54) is 6.33 Å². The summed E-state index contributed by atoms with van der Waals surface area (Å²) >= 11 is 0. The van der Waals surface area contributed by atoms with Crippen LogP contribution in [0.5, 0.6) is 17.5 Å². The molecule has 3 aliphatic rings. The van der Waals surface area contributed by atoms with Crippen LogP contribution < -0.4 is 9.47 Å². The van der Waals surface area contributed by atoms with E-state index in [-0.39, 0.29) is 17.4 Å². The summed E-state index contributed by atoms with van der Waals surface area (Å²) in [6.07, 6.45) is 5.04. The normalized spacial score (nSPS) is 28.5. The number of hydrogen-bond donors (Lipinski definition) is 1. The van der Waals surface area contributed by atoms with Crippen LogP contribution >= 0.6 is 0 Å². The van der Waals surface area contributed by atoms with Gasteiger partial charge in [0.2, 0.25) is 21.8 Å². The van der Waals surface area contributed by atoms with Crippen molar-refractivity contribution in [3.05, 3.63) is 35.9 Å². The fraction of sp³-hybridized carbons (Fsp3) is 0.571. The topological polar surface area (TPSA) is 115 Å². The molecule has 1 aliphatic carbocycles. The Balaban J connectivity index is 1.33. The number of nitrogens with zero attached hydrogens (tertiary/aromatic N) is 4. The molecule has 2 bridgehead atoms. The van der Waals surface area contributed by atoms with Crippen molar-refractivity contribution >= 4 is 10.0 Å². The summed E-state index contributed by atoms with van der Waals surface area (Å²) in [5.41, 5.74) is 1.41.